The summed E-state index contributed by atoms with van der Waals surface area (Å²) in [6, 6.07) is 17.0. The molecule has 0 unspecified atom stereocenters. The Bertz CT molecular complexity index is 831. The van der Waals surface area contributed by atoms with Crippen LogP contribution in [0.3, 0.4) is 0 Å². The fourth-order valence-corrected chi connectivity index (χ4v) is 2.84. The van der Waals surface area contributed by atoms with Gasteiger partial charge in [-0.25, -0.2) is 4.98 Å². The molecule has 3 aromatic rings. The first-order valence-electron chi connectivity index (χ1n) is 8.31. The van der Waals surface area contributed by atoms with Crippen LogP contribution in [0.2, 0.25) is 0 Å². The van der Waals surface area contributed by atoms with Gasteiger partial charge >= 0.3 is 0 Å². The molecule has 0 amide bonds. The second-order valence-electron chi connectivity index (χ2n) is 6.90. The number of hydrogen-bond donors (Lipinski definition) is 1. The highest BCUT2D eigenvalue weighted by atomic mass is 15.3. The topological polar surface area (TPSA) is 31.9 Å². The predicted octanol–water partition coefficient (Wildman–Crippen LogP) is 5.07. The third-order valence-electron chi connectivity index (χ3n) is 5.02. The van der Waals surface area contributed by atoms with Gasteiger partial charge in [0.2, 0.25) is 5.95 Å². The maximum atomic E-state index is 4.61. The summed E-state index contributed by atoms with van der Waals surface area (Å²) < 4.78 is 0. The fourth-order valence-electron chi connectivity index (χ4n) is 2.84. The standard InChI is InChI=1S/C21H25N3/c1-15-11-12-17(13-16(15)2)19-14-22-20(23-19)24(5)21(3,4)18-9-7-6-8-10-18/h6-14H,1-5H3,(H,22,23). The highest BCUT2D eigenvalue weighted by molar-refractivity contribution is 5.62. The molecule has 0 aliphatic carbocycles. The summed E-state index contributed by atoms with van der Waals surface area (Å²) in [7, 11) is 2.08. The minimum Gasteiger partial charge on any atom is -0.336 e. The summed E-state index contributed by atoms with van der Waals surface area (Å²) >= 11 is 0. The number of aromatic amines is 1. The van der Waals surface area contributed by atoms with Crippen LogP contribution in [0.25, 0.3) is 11.3 Å². The van der Waals surface area contributed by atoms with Crippen molar-refractivity contribution in [3.05, 3.63) is 71.4 Å². The molecule has 3 heteroatoms. The van der Waals surface area contributed by atoms with Gasteiger partial charge in [-0.2, -0.15) is 0 Å². The van der Waals surface area contributed by atoms with Gasteiger partial charge in [-0.1, -0.05) is 42.5 Å². The van der Waals surface area contributed by atoms with Crippen LogP contribution in [0, 0.1) is 13.8 Å². The molecule has 124 valence electrons. The van der Waals surface area contributed by atoms with Gasteiger partial charge in [0.15, 0.2) is 0 Å². The zero-order valence-electron chi connectivity index (χ0n) is 15.1. The third-order valence-corrected chi connectivity index (χ3v) is 5.02. The Kier molecular flexibility index (Phi) is 4.18. The molecule has 0 fully saturated rings. The van der Waals surface area contributed by atoms with E-state index in [1.54, 1.807) is 0 Å². The van der Waals surface area contributed by atoms with Crippen LogP contribution in [-0.2, 0) is 5.54 Å². The fraction of sp³-hybridized carbons (Fsp3) is 0.286. The first kappa shape index (κ1) is 16.3. The number of aryl methyl sites for hydroxylation is 2. The number of nitrogens with one attached hydrogen (secondary N) is 1. The van der Waals surface area contributed by atoms with Crippen LogP contribution in [0.15, 0.2) is 54.7 Å². The number of H-pyrrole nitrogens is 1. The van der Waals surface area contributed by atoms with Crippen LogP contribution in [0.1, 0.15) is 30.5 Å². The predicted molar refractivity (Wildman–Crippen MR) is 101 cm³/mol. The Morgan fingerprint density at radius 3 is 2.33 bits per heavy atom. The monoisotopic (exact) mass is 319 g/mol. The van der Waals surface area contributed by atoms with Crippen molar-refractivity contribution in [1.29, 1.82) is 0 Å². The number of nitrogens with zero attached hydrogens (tertiary/aromatic N) is 2. The molecule has 0 bridgehead atoms. The van der Waals surface area contributed by atoms with Gasteiger partial charge in [0.05, 0.1) is 17.4 Å². The molecule has 1 heterocycles. The van der Waals surface area contributed by atoms with Crippen LogP contribution in [0.4, 0.5) is 5.95 Å². The van der Waals surface area contributed by atoms with Gasteiger partial charge in [0.1, 0.15) is 0 Å². The molecule has 0 radical (unpaired) electrons. The normalized spacial score (nSPS) is 11.5. The number of anilines is 1. The van der Waals surface area contributed by atoms with Crippen molar-refractivity contribution in [1.82, 2.24) is 9.97 Å². The Balaban J connectivity index is 1.91. The number of aromatic nitrogens is 2. The minimum atomic E-state index is -0.153. The SMILES string of the molecule is Cc1ccc(-c2cnc(N(C)C(C)(C)c3ccccc3)[nH]2)cc1C. The smallest absolute Gasteiger partial charge is 0.203 e. The first-order valence-corrected chi connectivity index (χ1v) is 8.31. The van der Waals surface area contributed by atoms with E-state index in [1.807, 2.05) is 12.3 Å². The van der Waals surface area contributed by atoms with Gasteiger partial charge in [-0.05, 0) is 56.0 Å². The summed E-state index contributed by atoms with van der Waals surface area (Å²) in [5.74, 6) is 0.872. The molecule has 0 aliphatic rings. The average Bonchev–Trinajstić information content (AvgIpc) is 3.07. The quantitative estimate of drug-likeness (QED) is 0.728. The molecule has 2 aromatic carbocycles. The molecular weight excluding hydrogens is 294 g/mol. The van der Waals surface area contributed by atoms with E-state index >= 15 is 0 Å². The summed E-state index contributed by atoms with van der Waals surface area (Å²) in [6.45, 7) is 8.69. The lowest BCUT2D eigenvalue weighted by molar-refractivity contribution is 0.506. The molecule has 1 aromatic heterocycles. The lowest BCUT2D eigenvalue weighted by atomic mass is 9.93. The zero-order chi connectivity index (χ0) is 17.3. The van der Waals surface area contributed by atoms with Crippen LogP contribution in [0.5, 0.6) is 0 Å². The molecule has 3 nitrogen and oxygen atoms in total. The van der Waals surface area contributed by atoms with Gasteiger partial charge in [-0.3, -0.25) is 0 Å². The molecule has 0 atom stereocenters. The van der Waals surface area contributed by atoms with Crippen molar-refractivity contribution >= 4 is 5.95 Å². The van der Waals surface area contributed by atoms with E-state index in [0.717, 1.165) is 11.6 Å². The highest BCUT2D eigenvalue weighted by Crippen LogP contribution is 2.31. The van der Waals surface area contributed by atoms with E-state index in [-0.39, 0.29) is 5.54 Å². The number of rotatable bonds is 4. The average molecular weight is 319 g/mol. The number of imidazole rings is 1. The maximum absolute atomic E-state index is 4.61. The van der Waals surface area contributed by atoms with Gasteiger partial charge < -0.3 is 9.88 Å². The van der Waals surface area contributed by atoms with E-state index in [0.29, 0.717) is 0 Å². The molecule has 3 rings (SSSR count). The van der Waals surface area contributed by atoms with Gasteiger partial charge in [0.25, 0.3) is 0 Å². The van der Waals surface area contributed by atoms with Gasteiger partial charge in [-0.15, -0.1) is 0 Å². The van der Waals surface area contributed by atoms with Gasteiger partial charge in [0, 0.05) is 7.05 Å². The Labute approximate surface area is 144 Å². The second-order valence-corrected chi connectivity index (χ2v) is 6.90. The lowest BCUT2D eigenvalue weighted by Gasteiger charge is -2.36. The van der Waals surface area contributed by atoms with Crippen molar-refractivity contribution in [3.8, 4) is 11.3 Å². The Morgan fingerprint density at radius 2 is 1.67 bits per heavy atom. The maximum Gasteiger partial charge on any atom is 0.203 e. The van der Waals surface area contributed by atoms with Crippen molar-refractivity contribution in [2.75, 3.05) is 11.9 Å². The number of benzene rings is 2. The Morgan fingerprint density at radius 1 is 0.958 bits per heavy atom. The van der Waals surface area contributed by atoms with E-state index in [4.69, 9.17) is 0 Å². The molecular formula is C21H25N3. The summed E-state index contributed by atoms with van der Waals surface area (Å²) in [6.07, 6.45) is 1.91. The van der Waals surface area contributed by atoms with E-state index in [1.165, 1.54) is 22.3 Å². The van der Waals surface area contributed by atoms with E-state index in [9.17, 15) is 0 Å². The van der Waals surface area contributed by atoms with Crippen molar-refractivity contribution in [3.63, 3.8) is 0 Å². The Hall–Kier alpha value is -2.55. The molecule has 0 saturated heterocycles. The minimum absolute atomic E-state index is 0.153. The van der Waals surface area contributed by atoms with E-state index in [2.05, 4.69) is 92.1 Å². The molecule has 0 aliphatic heterocycles. The summed E-state index contributed by atoms with van der Waals surface area (Å²) in [5, 5.41) is 0. The molecule has 0 saturated carbocycles. The highest BCUT2D eigenvalue weighted by Gasteiger charge is 2.27. The summed E-state index contributed by atoms with van der Waals surface area (Å²) in [5.41, 5.74) is 5.92. The largest absolute Gasteiger partial charge is 0.336 e. The third kappa shape index (κ3) is 2.94. The van der Waals surface area contributed by atoms with E-state index < -0.39 is 0 Å². The zero-order valence-corrected chi connectivity index (χ0v) is 15.1. The van der Waals surface area contributed by atoms with Crippen LogP contribution in [-0.4, -0.2) is 17.0 Å². The van der Waals surface area contributed by atoms with Crippen molar-refractivity contribution in [2.45, 2.75) is 33.2 Å². The molecule has 0 spiro atoms. The lowest BCUT2D eigenvalue weighted by Crippen LogP contribution is -2.39. The van der Waals surface area contributed by atoms with Crippen LogP contribution < -0.4 is 4.90 Å². The second kappa shape index (κ2) is 6.16. The van der Waals surface area contributed by atoms with Crippen molar-refractivity contribution < 1.29 is 0 Å². The number of hydrogen-bond acceptors (Lipinski definition) is 2. The van der Waals surface area contributed by atoms with Crippen LogP contribution >= 0.6 is 0 Å². The first-order chi connectivity index (χ1) is 11.4. The molecule has 24 heavy (non-hydrogen) atoms. The summed E-state index contributed by atoms with van der Waals surface area (Å²) in [4.78, 5) is 10.3. The molecule has 1 N–H and O–H groups in total. The van der Waals surface area contributed by atoms with Crippen molar-refractivity contribution in [2.24, 2.45) is 0 Å².